The summed E-state index contributed by atoms with van der Waals surface area (Å²) in [5.41, 5.74) is 0.649. The second-order valence-electron chi connectivity index (χ2n) is 5.25. The molecule has 0 aliphatic carbocycles. The summed E-state index contributed by atoms with van der Waals surface area (Å²) < 4.78 is 0. The molecule has 4 heteroatoms. The summed E-state index contributed by atoms with van der Waals surface area (Å²) in [6.45, 7) is 5.31. The summed E-state index contributed by atoms with van der Waals surface area (Å²) in [5.74, 6) is -0.0323. The van der Waals surface area contributed by atoms with Crippen LogP contribution in [0, 0.1) is 0 Å². The van der Waals surface area contributed by atoms with E-state index >= 15 is 0 Å². The lowest BCUT2D eigenvalue weighted by molar-refractivity contribution is 0.0923. The molecule has 1 fully saturated rings. The van der Waals surface area contributed by atoms with Crippen LogP contribution in [0.5, 0.6) is 0 Å². The average Bonchev–Trinajstić information content (AvgIpc) is 2.40. The SMILES string of the molecule is CC(CN1CCCCC1)NC(=O)c1ccccc1S. The zero-order valence-electron chi connectivity index (χ0n) is 11.4. The van der Waals surface area contributed by atoms with E-state index in [2.05, 4.69) is 29.8 Å². The van der Waals surface area contributed by atoms with Gasteiger partial charge in [-0.05, 0) is 45.0 Å². The highest BCUT2D eigenvalue weighted by Crippen LogP contribution is 2.13. The molecule has 1 aliphatic heterocycles. The predicted molar refractivity (Wildman–Crippen MR) is 80.9 cm³/mol. The maximum absolute atomic E-state index is 12.1. The number of hydrogen-bond donors (Lipinski definition) is 2. The summed E-state index contributed by atoms with van der Waals surface area (Å²) in [4.78, 5) is 15.3. The van der Waals surface area contributed by atoms with Gasteiger partial charge in [0, 0.05) is 17.5 Å². The summed E-state index contributed by atoms with van der Waals surface area (Å²) in [6.07, 6.45) is 3.89. The molecule has 104 valence electrons. The molecule has 0 bridgehead atoms. The maximum Gasteiger partial charge on any atom is 0.252 e. The highest BCUT2D eigenvalue weighted by atomic mass is 32.1. The van der Waals surface area contributed by atoms with Gasteiger partial charge in [0.05, 0.1) is 5.56 Å². The van der Waals surface area contributed by atoms with Crippen molar-refractivity contribution in [3.63, 3.8) is 0 Å². The first-order valence-corrected chi connectivity index (χ1v) is 7.43. The molecule has 1 atom stereocenters. The predicted octanol–water partition coefficient (Wildman–Crippen LogP) is 2.58. The third-order valence-corrected chi connectivity index (χ3v) is 3.90. The Morgan fingerprint density at radius 1 is 1.32 bits per heavy atom. The van der Waals surface area contributed by atoms with Crippen LogP contribution < -0.4 is 5.32 Å². The third-order valence-electron chi connectivity index (χ3n) is 3.51. The van der Waals surface area contributed by atoms with Crippen LogP contribution in [0.15, 0.2) is 29.2 Å². The topological polar surface area (TPSA) is 32.3 Å². The number of hydrogen-bond acceptors (Lipinski definition) is 3. The van der Waals surface area contributed by atoms with Gasteiger partial charge < -0.3 is 10.2 Å². The number of rotatable bonds is 4. The molecule has 1 amide bonds. The lowest BCUT2D eigenvalue weighted by atomic mass is 10.1. The van der Waals surface area contributed by atoms with E-state index in [9.17, 15) is 4.79 Å². The van der Waals surface area contributed by atoms with Gasteiger partial charge in [0.25, 0.3) is 5.91 Å². The molecule has 1 aromatic rings. The maximum atomic E-state index is 12.1. The number of piperidine rings is 1. The number of carbonyl (C=O) groups is 1. The Kier molecular flexibility index (Phi) is 5.28. The Balaban J connectivity index is 1.86. The summed E-state index contributed by atoms with van der Waals surface area (Å²) in [7, 11) is 0. The zero-order valence-corrected chi connectivity index (χ0v) is 12.3. The van der Waals surface area contributed by atoms with Crippen molar-refractivity contribution in [3.05, 3.63) is 29.8 Å². The molecule has 2 rings (SSSR count). The van der Waals surface area contributed by atoms with Crippen LogP contribution in [-0.2, 0) is 0 Å². The highest BCUT2D eigenvalue weighted by Gasteiger charge is 2.16. The summed E-state index contributed by atoms with van der Waals surface area (Å²) in [5, 5.41) is 3.05. The Morgan fingerprint density at radius 2 is 2.00 bits per heavy atom. The van der Waals surface area contributed by atoms with Crippen LogP contribution in [0.2, 0.25) is 0 Å². The summed E-state index contributed by atoms with van der Waals surface area (Å²) in [6, 6.07) is 7.57. The Morgan fingerprint density at radius 3 is 2.68 bits per heavy atom. The second kappa shape index (κ2) is 6.96. The van der Waals surface area contributed by atoms with E-state index in [-0.39, 0.29) is 11.9 Å². The number of benzene rings is 1. The third kappa shape index (κ3) is 4.25. The standard InChI is InChI=1S/C15H22N2OS/c1-12(11-17-9-5-2-6-10-17)16-15(18)13-7-3-4-8-14(13)19/h3-4,7-8,12,19H,2,5-6,9-11H2,1H3,(H,16,18). The largest absolute Gasteiger partial charge is 0.348 e. The summed E-state index contributed by atoms with van der Waals surface area (Å²) >= 11 is 4.32. The molecule has 3 nitrogen and oxygen atoms in total. The average molecular weight is 278 g/mol. The van der Waals surface area contributed by atoms with Gasteiger partial charge in [-0.15, -0.1) is 12.6 Å². The molecule has 1 aliphatic rings. The van der Waals surface area contributed by atoms with Crippen molar-refractivity contribution < 1.29 is 4.79 Å². The number of likely N-dealkylation sites (tertiary alicyclic amines) is 1. The zero-order chi connectivity index (χ0) is 13.7. The first-order valence-electron chi connectivity index (χ1n) is 6.98. The first kappa shape index (κ1) is 14.4. The monoisotopic (exact) mass is 278 g/mol. The van der Waals surface area contributed by atoms with E-state index < -0.39 is 0 Å². The fraction of sp³-hybridized carbons (Fsp3) is 0.533. The van der Waals surface area contributed by atoms with Gasteiger partial charge in [0.15, 0.2) is 0 Å². The lowest BCUT2D eigenvalue weighted by Gasteiger charge is -2.29. The van der Waals surface area contributed by atoms with Gasteiger partial charge in [-0.1, -0.05) is 18.6 Å². The molecule has 1 N–H and O–H groups in total. The number of amides is 1. The second-order valence-corrected chi connectivity index (χ2v) is 5.73. The number of carbonyl (C=O) groups excluding carboxylic acids is 1. The number of thiol groups is 1. The van der Waals surface area contributed by atoms with Crippen molar-refractivity contribution in [2.45, 2.75) is 37.1 Å². The van der Waals surface area contributed by atoms with Crippen LogP contribution in [0.1, 0.15) is 36.5 Å². The van der Waals surface area contributed by atoms with Gasteiger partial charge in [-0.3, -0.25) is 4.79 Å². The van der Waals surface area contributed by atoms with E-state index in [0.717, 1.165) is 24.5 Å². The van der Waals surface area contributed by atoms with Crippen LogP contribution in [0.25, 0.3) is 0 Å². The van der Waals surface area contributed by atoms with Gasteiger partial charge in [0.2, 0.25) is 0 Å². The minimum atomic E-state index is -0.0323. The van der Waals surface area contributed by atoms with Crippen LogP contribution in [0.4, 0.5) is 0 Å². The fourth-order valence-electron chi connectivity index (χ4n) is 2.54. The molecule has 19 heavy (non-hydrogen) atoms. The Bertz CT molecular complexity index is 430. The molecule has 1 heterocycles. The minimum Gasteiger partial charge on any atom is -0.348 e. The van der Waals surface area contributed by atoms with E-state index in [1.54, 1.807) is 0 Å². The molecular formula is C15H22N2OS. The molecule has 1 aromatic carbocycles. The number of nitrogens with one attached hydrogen (secondary N) is 1. The van der Waals surface area contributed by atoms with Gasteiger partial charge in [-0.2, -0.15) is 0 Å². The molecular weight excluding hydrogens is 256 g/mol. The lowest BCUT2D eigenvalue weighted by Crippen LogP contribution is -2.43. The molecule has 0 radical (unpaired) electrons. The first-order chi connectivity index (χ1) is 9.16. The van der Waals surface area contributed by atoms with Crippen molar-refractivity contribution in [1.29, 1.82) is 0 Å². The fourth-order valence-corrected chi connectivity index (χ4v) is 2.80. The van der Waals surface area contributed by atoms with Crippen LogP contribution in [-0.4, -0.2) is 36.5 Å². The van der Waals surface area contributed by atoms with E-state index in [1.165, 1.54) is 19.3 Å². The molecule has 0 spiro atoms. The van der Waals surface area contributed by atoms with Gasteiger partial charge >= 0.3 is 0 Å². The molecule has 1 unspecified atom stereocenters. The Labute approximate surface area is 120 Å². The Hall–Kier alpha value is -1.00. The molecule has 0 aromatic heterocycles. The molecule has 0 saturated carbocycles. The quantitative estimate of drug-likeness (QED) is 0.830. The van der Waals surface area contributed by atoms with E-state index in [0.29, 0.717) is 5.56 Å². The van der Waals surface area contributed by atoms with Gasteiger partial charge in [0.1, 0.15) is 0 Å². The van der Waals surface area contributed by atoms with Gasteiger partial charge in [-0.25, -0.2) is 0 Å². The minimum absolute atomic E-state index is 0.0323. The molecule has 1 saturated heterocycles. The van der Waals surface area contributed by atoms with E-state index in [1.807, 2.05) is 24.3 Å². The van der Waals surface area contributed by atoms with Crippen molar-refractivity contribution in [3.8, 4) is 0 Å². The van der Waals surface area contributed by atoms with Crippen LogP contribution >= 0.6 is 12.6 Å². The van der Waals surface area contributed by atoms with Crippen molar-refractivity contribution in [2.75, 3.05) is 19.6 Å². The normalized spacial score (nSPS) is 18.0. The van der Waals surface area contributed by atoms with Crippen molar-refractivity contribution in [1.82, 2.24) is 10.2 Å². The highest BCUT2D eigenvalue weighted by molar-refractivity contribution is 7.80. The van der Waals surface area contributed by atoms with Crippen molar-refractivity contribution >= 4 is 18.5 Å². The number of nitrogens with zero attached hydrogens (tertiary/aromatic N) is 1. The van der Waals surface area contributed by atoms with E-state index in [4.69, 9.17) is 0 Å². The smallest absolute Gasteiger partial charge is 0.252 e. The van der Waals surface area contributed by atoms with Crippen LogP contribution in [0.3, 0.4) is 0 Å². The van der Waals surface area contributed by atoms with Crippen molar-refractivity contribution in [2.24, 2.45) is 0 Å².